The van der Waals surface area contributed by atoms with Crippen molar-refractivity contribution in [2.45, 2.75) is 19.9 Å². The first-order chi connectivity index (χ1) is 8.86. The van der Waals surface area contributed by atoms with Crippen molar-refractivity contribution in [3.05, 3.63) is 38.4 Å². The van der Waals surface area contributed by atoms with Crippen LogP contribution in [-0.4, -0.2) is 21.8 Å². The van der Waals surface area contributed by atoms with Gasteiger partial charge in [0.15, 0.2) is 0 Å². The molecule has 0 saturated carbocycles. The average Bonchev–Trinajstić information content (AvgIpc) is 2.35. The van der Waals surface area contributed by atoms with Crippen molar-refractivity contribution >= 4 is 28.7 Å². The van der Waals surface area contributed by atoms with Gasteiger partial charge in [0.05, 0.1) is 15.9 Å². The van der Waals surface area contributed by atoms with Gasteiger partial charge in [-0.2, -0.15) is 0 Å². The van der Waals surface area contributed by atoms with Gasteiger partial charge in [0.25, 0.3) is 11.4 Å². The highest BCUT2D eigenvalue weighted by Crippen LogP contribution is 2.30. The Kier molecular flexibility index (Phi) is 5.05. The first-order valence-corrected chi connectivity index (χ1v) is 6.15. The number of halogens is 1. The minimum atomic E-state index is -0.668. The Morgan fingerprint density at radius 3 is 2.32 bits per heavy atom. The third-order valence-corrected chi connectivity index (χ3v) is 3.03. The number of nitrogens with zero attached hydrogens (tertiary/aromatic N) is 2. The summed E-state index contributed by atoms with van der Waals surface area (Å²) >= 11 is 5.79. The van der Waals surface area contributed by atoms with Crippen LogP contribution in [0.4, 0.5) is 17.1 Å². The van der Waals surface area contributed by atoms with E-state index in [0.717, 1.165) is 6.07 Å². The van der Waals surface area contributed by atoms with E-state index in [4.69, 9.17) is 11.6 Å². The summed E-state index contributed by atoms with van der Waals surface area (Å²) in [5, 5.41) is 24.5. The van der Waals surface area contributed by atoms with Crippen LogP contribution >= 0.6 is 11.6 Å². The van der Waals surface area contributed by atoms with Crippen molar-refractivity contribution in [3.8, 4) is 0 Å². The van der Waals surface area contributed by atoms with Gasteiger partial charge in [-0.15, -0.1) is 11.6 Å². The van der Waals surface area contributed by atoms with E-state index in [1.165, 1.54) is 12.1 Å². The predicted octanol–water partition coefficient (Wildman–Crippen LogP) is 3.18. The molecule has 0 radical (unpaired) electrons. The van der Waals surface area contributed by atoms with Gasteiger partial charge in [-0.3, -0.25) is 20.2 Å². The van der Waals surface area contributed by atoms with Gasteiger partial charge in [0.1, 0.15) is 5.69 Å². The quantitative estimate of drug-likeness (QED) is 0.492. The highest BCUT2D eigenvalue weighted by molar-refractivity contribution is 6.18. The fourth-order valence-corrected chi connectivity index (χ4v) is 1.92. The molecular weight excluding hydrogens is 274 g/mol. The summed E-state index contributed by atoms with van der Waals surface area (Å²) in [6.07, 6.45) is 0. The number of benzene rings is 1. The van der Waals surface area contributed by atoms with E-state index in [9.17, 15) is 20.2 Å². The summed E-state index contributed by atoms with van der Waals surface area (Å²) in [5.41, 5.74) is -0.413. The monoisotopic (exact) mass is 287 g/mol. The average molecular weight is 288 g/mol. The minimum absolute atomic E-state index is 0.151. The van der Waals surface area contributed by atoms with Gasteiger partial charge in [-0.05, 0) is 12.0 Å². The van der Waals surface area contributed by atoms with Crippen LogP contribution < -0.4 is 5.32 Å². The molecule has 1 N–H and O–H groups in total. The molecule has 7 nitrogen and oxygen atoms in total. The number of nitro benzene ring substituents is 2. The summed E-state index contributed by atoms with van der Waals surface area (Å²) in [7, 11) is 0. The van der Waals surface area contributed by atoms with Crippen LogP contribution in [0.1, 0.15) is 13.8 Å². The first-order valence-electron chi connectivity index (χ1n) is 5.62. The van der Waals surface area contributed by atoms with E-state index in [1.807, 2.05) is 13.8 Å². The predicted molar refractivity (Wildman–Crippen MR) is 72.7 cm³/mol. The Hall–Kier alpha value is -1.89. The fraction of sp³-hybridized carbons (Fsp3) is 0.455. The number of non-ortho nitro benzene ring substituents is 1. The molecule has 0 heterocycles. The van der Waals surface area contributed by atoms with Crippen LogP contribution in [0.5, 0.6) is 0 Å². The molecule has 0 aliphatic heterocycles. The third-order valence-electron chi connectivity index (χ3n) is 2.70. The Labute approximate surface area is 114 Å². The van der Waals surface area contributed by atoms with Gasteiger partial charge in [-0.1, -0.05) is 13.8 Å². The number of anilines is 1. The molecule has 0 fully saturated rings. The highest BCUT2D eigenvalue weighted by Gasteiger charge is 2.22. The van der Waals surface area contributed by atoms with E-state index in [0.29, 0.717) is 0 Å². The number of nitrogens with one attached hydrogen (secondary N) is 1. The van der Waals surface area contributed by atoms with Crippen LogP contribution in [0.3, 0.4) is 0 Å². The molecule has 1 atom stereocenters. The molecule has 0 spiro atoms. The van der Waals surface area contributed by atoms with E-state index in [1.54, 1.807) is 0 Å². The Bertz CT molecular complexity index is 493. The topological polar surface area (TPSA) is 98.3 Å². The van der Waals surface area contributed by atoms with Crippen molar-refractivity contribution in [2.24, 2.45) is 5.92 Å². The summed E-state index contributed by atoms with van der Waals surface area (Å²) in [4.78, 5) is 20.2. The number of alkyl halides is 1. The molecule has 0 saturated heterocycles. The smallest absolute Gasteiger partial charge is 0.299 e. The first kappa shape index (κ1) is 15.2. The van der Waals surface area contributed by atoms with Crippen molar-refractivity contribution in [2.75, 3.05) is 11.2 Å². The maximum Gasteiger partial charge on any atom is 0.299 e. The molecule has 0 aromatic heterocycles. The van der Waals surface area contributed by atoms with Crippen molar-refractivity contribution in [1.29, 1.82) is 0 Å². The van der Waals surface area contributed by atoms with Crippen molar-refractivity contribution in [3.63, 3.8) is 0 Å². The second-order valence-corrected chi connectivity index (χ2v) is 4.67. The van der Waals surface area contributed by atoms with E-state index < -0.39 is 9.85 Å². The van der Waals surface area contributed by atoms with Crippen LogP contribution in [0, 0.1) is 26.1 Å². The van der Waals surface area contributed by atoms with Gasteiger partial charge in [0.2, 0.25) is 0 Å². The maximum absolute atomic E-state index is 10.9. The SMILES string of the molecule is CC(C)[C@@H](CCl)Nc1ccc([N+](=O)[O-])cc1[N+](=O)[O-]. The third kappa shape index (κ3) is 3.78. The zero-order chi connectivity index (χ0) is 14.6. The van der Waals surface area contributed by atoms with Gasteiger partial charge in [0, 0.05) is 18.0 Å². The Balaban J connectivity index is 3.13. The number of hydrogen-bond donors (Lipinski definition) is 1. The minimum Gasteiger partial charge on any atom is -0.375 e. The summed E-state index contributed by atoms with van der Waals surface area (Å²) in [6.45, 7) is 3.86. The van der Waals surface area contributed by atoms with Crippen LogP contribution in [0.25, 0.3) is 0 Å². The second-order valence-electron chi connectivity index (χ2n) is 4.36. The summed E-state index contributed by atoms with van der Waals surface area (Å²) in [6, 6.07) is 3.34. The number of hydrogen-bond acceptors (Lipinski definition) is 5. The Morgan fingerprint density at radius 1 is 1.26 bits per heavy atom. The van der Waals surface area contributed by atoms with Gasteiger partial charge >= 0.3 is 0 Å². The van der Waals surface area contributed by atoms with Crippen molar-refractivity contribution in [1.82, 2.24) is 0 Å². The standard InChI is InChI=1S/C11H14ClN3O4/c1-7(2)10(6-12)13-9-4-3-8(14(16)17)5-11(9)15(18)19/h3-5,7,10,13H,6H2,1-2H3/t10-/m1/s1. The fourth-order valence-electron chi connectivity index (χ4n) is 1.49. The molecule has 0 aliphatic rings. The van der Waals surface area contributed by atoms with E-state index in [-0.39, 0.29) is 34.9 Å². The lowest BCUT2D eigenvalue weighted by atomic mass is 10.1. The molecule has 104 valence electrons. The molecule has 0 amide bonds. The number of rotatable bonds is 6. The molecule has 1 aromatic carbocycles. The second kappa shape index (κ2) is 6.33. The van der Waals surface area contributed by atoms with Gasteiger partial charge < -0.3 is 5.32 Å². The van der Waals surface area contributed by atoms with E-state index >= 15 is 0 Å². The van der Waals surface area contributed by atoms with Crippen LogP contribution in [0.15, 0.2) is 18.2 Å². The molecule has 0 aliphatic carbocycles. The molecule has 8 heteroatoms. The van der Waals surface area contributed by atoms with Gasteiger partial charge in [-0.25, -0.2) is 0 Å². The molecule has 0 unspecified atom stereocenters. The molecular formula is C11H14ClN3O4. The largest absolute Gasteiger partial charge is 0.375 e. The van der Waals surface area contributed by atoms with Crippen molar-refractivity contribution < 1.29 is 9.85 Å². The lowest BCUT2D eigenvalue weighted by Crippen LogP contribution is -2.27. The Morgan fingerprint density at radius 2 is 1.89 bits per heavy atom. The van der Waals surface area contributed by atoms with E-state index in [2.05, 4.69) is 5.32 Å². The lowest BCUT2D eigenvalue weighted by Gasteiger charge is -2.20. The number of nitro groups is 2. The lowest BCUT2D eigenvalue weighted by molar-refractivity contribution is -0.393. The zero-order valence-corrected chi connectivity index (χ0v) is 11.3. The van der Waals surface area contributed by atoms with Crippen LogP contribution in [-0.2, 0) is 0 Å². The summed E-state index contributed by atoms with van der Waals surface area (Å²) in [5.74, 6) is 0.457. The zero-order valence-electron chi connectivity index (χ0n) is 10.5. The molecule has 1 aromatic rings. The normalized spacial score (nSPS) is 12.2. The molecule has 0 bridgehead atoms. The maximum atomic E-state index is 10.9. The summed E-state index contributed by atoms with van der Waals surface area (Å²) < 4.78 is 0. The van der Waals surface area contributed by atoms with Crippen LogP contribution in [0.2, 0.25) is 0 Å². The molecule has 19 heavy (non-hydrogen) atoms. The highest BCUT2D eigenvalue weighted by atomic mass is 35.5. The molecule has 1 rings (SSSR count).